The summed E-state index contributed by atoms with van der Waals surface area (Å²) in [6.45, 7) is 1.77. The van der Waals surface area contributed by atoms with Crippen molar-refractivity contribution in [2.24, 2.45) is 5.73 Å². The van der Waals surface area contributed by atoms with Crippen LogP contribution in [-0.4, -0.2) is 27.6 Å². The third-order valence-corrected chi connectivity index (χ3v) is 5.45. The van der Waals surface area contributed by atoms with Crippen LogP contribution in [0.4, 0.5) is 0 Å². The van der Waals surface area contributed by atoms with Gasteiger partial charge in [0.25, 0.3) is 0 Å². The van der Waals surface area contributed by atoms with Gasteiger partial charge in [-0.2, -0.15) is 0 Å². The average Bonchev–Trinajstić information content (AvgIpc) is 2.40. The van der Waals surface area contributed by atoms with E-state index in [9.17, 15) is 8.42 Å². The molecule has 0 radical (unpaired) electrons. The van der Waals surface area contributed by atoms with Crippen LogP contribution < -0.4 is 15.2 Å². The smallest absolute Gasteiger partial charge is 0.241 e. The highest BCUT2D eigenvalue weighted by molar-refractivity contribution is 7.89. The molecule has 5 nitrogen and oxygen atoms in total. The molecule has 1 fully saturated rings. The molecule has 0 aliphatic heterocycles. The number of aryl methyl sites for hydroxylation is 1. The van der Waals surface area contributed by atoms with E-state index in [0.717, 1.165) is 25.7 Å². The Balaban J connectivity index is 2.14. The summed E-state index contributed by atoms with van der Waals surface area (Å²) in [5.74, 6) is 0.657. The fraction of sp³-hybridized carbons (Fsp3) is 0.571. The third-order valence-electron chi connectivity index (χ3n) is 3.77. The number of nitrogens with one attached hydrogen (secondary N) is 1. The molecule has 1 aliphatic carbocycles. The first-order valence-corrected chi connectivity index (χ1v) is 8.33. The Morgan fingerprint density at radius 2 is 1.90 bits per heavy atom. The van der Waals surface area contributed by atoms with Crippen LogP contribution in [-0.2, 0) is 10.0 Å². The Hall–Kier alpha value is -1.11. The molecule has 6 heteroatoms. The van der Waals surface area contributed by atoms with Gasteiger partial charge >= 0.3 is 0 Å². The van der Waals surface area contributed by atoms with Crippen LogP contribution in [0.1, 0.15) is 31.2 Å². The SMILES string of the molecule is COc1ccc(S(=O)(=O)NC2CCC(N)CC2)c(C)c1. The molecule has 0 bridgehead atoms. The molecule has 0 amide bonds. The minimum absolute atomic E-state index is 0.0127. The number of hydrogen-bond acceptors (Lipinski definition) is 4. The van der Waals surface area contributed by atoms with Crippen molar-refractivity contribution in [1.29, 1.82) is 0 Å². The predicted octanol–water partition coefficient (Wildman–Crippen LogP) is 1.55. The summed E-state index contributed by atoms with van der Waals surface area (Å²) in [4.78, 5) is 0.313. The molecule has 0 unspecified atom stereocenters. The van der Waals surface area contributed by atoms with Crippen molar-refractivity contribution in [3.05, 3.63) is 23.8 Å². The highest BCUT2D eigenvalue weighted by Gasteiger charge is 2.25. The normalized spacial score (nSPS) is 23.6. The molecule has 1 aromatic rings. The van der Waals surface area contributed by atoms with Gasteiger partial charge in [-0.25, -0.2) is 13.1 Å². The zero-order chi connectivity index (χ0) is 14.8. The van der Waals surface area contributed by atoms with E-state index >= 15 is 0 Å². The highest BCUT2D eigenvalue weighted by Crippen LogP contribution is 2.23. The minimum atomic E-state index is -3.48. The summed E-state index contributed by atoms with van der Waals surface area (Å²) < 4.78 is 32.7. The summed E-state index contributed by atoms with van der Waals surface area (Å²) >= 11 is 0. The molecule has 0 aromatic heterocycles. The van der Waals surface area contributed by atoms with Crippen molar-refractivity contribution < 1.29 is 13.2 Å². The molecule has 20 heavy (non-hydrogen) atoms. The molecule has 1 aliphatic rings. The topological polar surface area (TPSA) is 81.4 Å². The molecule has 0 saturated heterocycles. The zero-order valence-electron chi connectivity index (χ0n) is 11.9. The summed E-state index contributed by atoms with van der Waals surface area (Å²) in [5, 5.41) is 0. The highest BCUT2D eigenvalue weighted by atomic mass is 32.2. The molecule has 3 N–H and O–H groups in total. The second kappa shape index (κ2) is 6.11. The summed E-state index contributed by atoms with van der Waals surface area (Å²) in [6, 6.07) is 5.18. The van der Waals surface area contributed by atoms with Gasteiger partial charge in [0.2, 0.25) is 10.0 Å². The van der Waals surface area contributed by atoms with Crippen molar-refractivity contribution in [2.75, 3.05) is 7.11 Å². The van der Waals surface area contributed by atoms with Crippen molar-refractivity contribution in [3.63, 3.8) is 0 Å². The minimum Gasteiger partial charge on any atom is -0.497 e. The molecule has 0 heterocycles. The first-order chi connectivity index (χ1) is 9.42. The zero-order valence-corrected chi connectivity index (χ0v) is 12.7. The summed E-state index contributed by atoms with van der Waals surface area (Å²) in [5.41, 5.74) is 6.52. The first kappa shape index (κ1) is 15.3. The van der Waals surface area contributed by atoms with Crippen LogP contribution in [0, 0.1) is 6.92 Å². The van der Waals surface area contributed by atoms with Crippen LogP contribution in [0.5, 0.6) is 5.75 Å². The third kappa shape index (κ3) is 3.50. The number of ether oxygens (including phenoxy) is 1. The maximum atomic E-state index is 12.4. The van der Waals surface area contributed by atoms with Crippen LogP contribution in [0.3, 0.4) is 0 Å². The summed E-state index contributed by atoms with van der Waals surface area (Å²) in [6.07, 6.45) is 3.34. The number of rotatable bonds is 4. The lowest BCUT2D eigenvalue weighted by molar-refractivity contribution is 0.373. The van der Waals surface area contributed by atoms with E-state index in [1.165, 1.54) is 0 Å². The van der Waals surface area contributed by atoms with E-state index in [2.05, 4.69) is 4.72 Å². The number of sulfonamides is 1. The maximum absolute atomic E-state index is 12.4. The van der Waals surface area contributed by atoms with Crippen LogP contribution in [0.2, 0.25) is 0 Å². The van der Waals surface area contributed by atoms with E-state index < -0.39 is 10.0 Å². The van der Waals surface area contributed by atoms with E-state index in [1.807, 2.05) is 0 Å². The Morgan fingerprint density at radius 1 is 1.25 bits per heavy atom. The summed E-state index contributed by atoms with van der Waals surface area (Å²) in [7, 11) is -1.92. The lowest BCUT2D eigenvalue weighted by Gasteiger charge is -2.26. The van der Waals surface area contributed by atoms with Gasteiger partial charge in [0.1, 0.15) is 5.75 Å². The maximum Gasteiger partial charge on any atom is 0.241 e. The van der Waals surface area contributed by atoms with Gasteiger partial charge in [-0.05, 0) is 56.4 Å². The average molecular weight is 298 g/mol. The van der Waals surface area contributed by atoms with Crippen molar-refractivity contribution in [3.8, 4) is 5.75 Å². The van der Waals surface area contributed by atoms with Gasteiger partial charge in [-0.3, -0.25) is 0 Å². The largest absolute Gasteiger partial charge is 0.497 e. The Morgan fingerprint density at radius 3 is 2.45 bits per heavy atom. The Kier molecular flexibility index (Phi) is 4.67. The van der Waals surface area contributed by atoms with Gasteiger partial charge in [-0.15, -0.1) is 0 Å². The Labute approximate surface area is 120 Å². The second-order valence-electron chi connectivity index (χ2n) is 5.36. The molecule has 1 saturated carbocycles. The monoisotopic (exact) mass is 298 g/mol. The molecular formula is C14H22N2O3S. The van der Waals surface area contributed by atoms with Gasteiger partial charge < -0.3 is 10.5 Å². The van der Waals surface area contributed by atoms with Crippen molar-refractivity contribution in [2.45, 2.75) is 49.6 Å². The van der Waals surface area contributed by atoms with Crippen LogP contribution in [0.15, 0.2) is 23.1 Å². The molecule has 0 atom stereocenters. The fourth-order valence-corrected chi connectivity index (χ4v) is 4.10. The fourth-order valence-electron chi connectivity index (χ4n) is 2.57. The number of hydrogen-bond donors (Lipinski definition) is 2. The number of nitrogens with two attached hydrogens (primary N) is 1. The van der Waals surface area contributed by atoms with Crippen LogP contribution >= 0.6 is 0 Å². The van der Waals surface area contributed by atoms with E-state index in [0.29, 0.717) is 16.2 Å². The molecule has 2 rings (SSSR count). The van der Waals surface area contributed by atoms with E-state index in [-0.39, 0.29) is 12.1 Å². The molecule has 1 aromatic carbocycles. The predicted molar refractivity (Wildman–Crippen MR) is 78.3 cm³/mol. The first-order valence-electron chi connectivity index (χ1n) is 6.85. The van der Waals surface area contributed by atoms with Crippen LogP contribution in [0.25, 0.3) is 0 Å². The van der Waals surface area contributed by atoms with Gasteiger partial charge in [0.15, 0.2) is 0 Å². The quantitative estimate of drug-likeness (QED) is 0.883. The van der Waals surface area contributed by atoms with E-state index in [4.69, 9.17) is 10.5 Å². The number of benzene rings is 1. The van der Waals surface area contributed by atoms with Gasteiger partial charge in [-0.1, -0.05) is 0 Å². The second-order valence-corrected chi connectivity index (χ2v) is 7.05. The Bertz CT molecular complexity index is 564. The lowest BCUT2D eigenvalue weighted by Crippen LogP contribution is -2.40. The van der Waals surface area contributed by atoms with Crippen molar-refractivity contribution >= 4 is 10.0 Å². The van der Waals surface area contributed by atoms with Gasteiger partial charge in [0, 0.05) is 12.1 Å². The molecule has 112 valence electrons. The number of methoxy groups -OCH3 is 1. The lowest BCUT2D eigenvalue weighted by atomic mass is 9.93. The van der Waals surface area contributed by atoms with Crippen molar-refractivity contribution in [1.82, 2.24) is 4.72 Å². The molecule has 0 spiro atoms. The standard InChI is InChI=1S/C14H22N2O3S/c1-10-9-13(19-2)7-8-14(10)20(17,18)16-12-5-3-11(15)4-6-12/h7-9,11-12,16H,3-6,15H2,1-2H3. The van der Waals surface area contributed by atoms with Gasteiger partial charge in [0.05, 0.1) is 12.0 Å². The molecular weight excluding hydrogens is 276 g/mol. The van der Waals surface area contributed by atoms with E-state index in [1.54, 1.807) is 32.2 Å².